The molecule has 2 aromatic rings. The molecule has 2 rings (SSSR count). The highest BCUT2D eigenvalue weighted by Crippen LogP contribution is 2.01. The van der Waals surface area contributed by atoms with E-state index in [0.29, 0.717) is 11.2 Å². The van der Waals surface area contributed by atoms with Gasteiger partial charge in [-0.1, -0.05) is 0 Å². The van der Waals surface area contributed by atoms with Crippen LogP contribution in [0.15, 0.2) is 15.9 Å². The van der Waals surface area contributed by atoms with Gasteiger partial charge < -0.3 is 19.9 Å². The van der Waals surface area contributed by atoms with E-state index in [-0.39, 0.29) is 11.2 Å². The smallest absolute Gasteiger partial charge is 0.333 e. The highest BCUT2D eigenvalue weighted by atomic mass is 16.4. The van der Waals surface area contributed by atoms with E-state index in [9.17, 15) is 19.2 Å². The van der Waals surface area contributed by atoms with E-state index in [0.717, 1.165) is 4.57 Å². The fraction of sp³-hybridized carbons (Fsp3) is 0.417. The van der Waals surface area contributed by atoms with Crippen LogP contribution in [0.1, 0.15) is 6.42 Å². The van der Waals surface area contributed by atoms with Gasteiger partial charge in [-0.05, 0) is 0 Å². The highest BCUT2D eigenvalue weighted by molar-refractivity contribution is 5.79. The predicted octanol–water partition coefficient (Wildman–Crippen LogP) is -2.12. The van der Waals surface area contributed by atoms with Gasteiger partial charge in [0.2, 0.25) is 0 Å². The first-order valence-electron chi connectivity index (χ1n) is 6.27. The first-order valence-corrected chi connectivity index (χ1v) is 6.27. The molecule has 0 radical (unpaired) electrons. The molecule has 0 aliphatic rings. The van der Waals surface area contributed by atoms with Crippen molar-refractivity contribution >= 4 is 23.1 Å². The lowest BCUT2D eigenvalue weighted by Gasteiger charge is -2.02. The minimum absolute atomic E-state index is 0.317. The Hall–Kier alpha value is -2.95. The predicted molar refractivity (Wildman–Crippen MR) is 77.1 cm³/mol. The minimum atomic E-state index is -1.79. The molecule has 0 fully saturated rings. The Morgan fingerprint density at radius 1 is 1.17 bits per heavy atom. The number of carboxylic acid groups (broad SMARTS) is 2. The van der Waals surface area contributed by atoms with E-state index >= 15 is 0 Å². The fourth-order valence-electron chi connectivity index (χ4n) is 1.72. The molecule has 11 heteroatoms. The van der Waals surface area contributed by atoms with Crippen LogP contribution < -0.4 is 11.2 Å². The molecule has 3 N–H and O–H groups in total. The van der Waals surface area contributed by atoms with Crippen molar-refractivity contribution in [3.8, 4) is 0 Å². The summed E-state index contributed by atoms with van der Waals surface area (Å²) in [7, 11) is 4.77. The lowest BCUT2D eigenvalue weighted by Crippen LogP contribution is -2.37. The number of rotatable bonds is 3. The quantitative estimate of drug-likeness (QED) is 0.577. The van der Waals surface area contributed by atoms with Crippen molar-refractivity contribution in [2.45, 2.75) is 12.5 Å². The van der Waals surface area contributed by atoms with Gasteiger partial charge in [0, 0.05) is 21.1 Å². The molecule has 0 amide bonds. The summed E-state index contributed by atoms with van der Waals surface area (Å²) in [5, 5.41) is 24.1. The van der Waals surface area contributed by atoms with E-state index in [4.69, 9.17) is 15.3 Å². The molecule has 0 spiro atoms. The normalized spacial score (nSPS) is 11.7. The van der Waals surface area contributed by atoms with Gasteiger partial charge in [-0.25, -0.2) is 14.6 Å². The molecule has 1 atom stereocenters. The number of carbonyl (C=O) groups is 2. The Morgan fingerprint density at radius 3 is 2.17 bits per heavy atom. The van der Waals surface area contributed by atoms with Crippen LogP contribution in [-0.4, -0.2) is 52.0 Å². The Morgan fingerprint density at radius 2 is 1.74 bits per heavy atom. The van der Waals surface area contributed by atoms with Crippen LogP contribution in [0.2, 0.25) is 0 Å². The molecule has 0 saturated carbocycles. The van der Waals surface area contributed by atoms with Crippen LogP contribution in [0.25, 0.3) is 11.2 Å². The number of aromatic nitrogens is 4. The summed E-state index contributed by atoms with van der Waals surface area (Å²) in [4.78, 5) is 46.6. The summed E-state index contributed by atoms with van der Waals surface area (Å²) >= 11 is 0. The molecule has 23 heavy (non-hydrogen) atoms. The summed E-state index contributed by atoms with van der Waals surface area (Å²) in [5.74, 6) is -2.85. The zero-order valence-electron chi connectivity index (χ0n) is 12.6. The standard InChI is InChI=1S/C8H10N4O2.C4H6O5/c1-10-4-9-6-5(10)7(13)12(3)8(14)11(6)2;5-2(4(8)9)1-3(6)7/h4H,1-3H3;2,5H,1H2,(H,6,7)(H,8,9). The van der Waals surface area contributed by atoms with Gasteiger partial charge in [0.15, 0.2) is 17.3 Å². The van der Waals surface area contributed by atoms with Crippen molar-refractivity contribution in [3.63, 3.8) is 0 Å². The Labute approximate surface area is 128 Å². The van der Waals surface area contributed by atoms with E-state index in [1.165, 1.54) is 17.9 Å². The Kier molecular flexibility index (Phi) is 5.41. The molecular weight excluding hydrogens is 312 g/mol. The molecule has 0 bridgehead atoms. The topological polar surface area (TPSA) is 157 Å². The van der Waals surface area contributed by atoms with Crippen LogP contribution in [0.4, 0.5) is 0 Å². The van der Waals surface area contributed by atoms with Crippen molar-refractivity contribution in [2.24, 2.45) is 21.1 Å². The number of aliphatic hydroxyl groups excluding tert-OH is 1. The molecular formula is C12H16N4O7. The third-order valence-electron chi connectivity index (χ3n) is 2.97. The van der Waals surface area contributed by atoms with Gasteiger partial charge in [0.1, 0.15) is 0 Å². The van der Waals surface area contributed by atoms with E-state index < -0.39 is 24.5 Å². The average Bonchev–Trinajstić information content (AvgIpc) is 2.84. The number of nitrogens with zero attached hydrogens (tertiary/aromatic N) is 4. The van der Waals surface area contributed by atoms with Crippen molar-refractivity contribution in [1.82, 2.24) is 18.7 Å². The number of aliphatic carboxylic acids is 2. The second kappa shape index (κ2) is 6.87. The van der Waals surface area contributed by atoms with Gasteiger partial charge in [0.25, 0.3) is 5.56 Å². The first kappa shape index (κ1) is 18.1. The number of hydrogen-bond donors (Lipinski definition) is 3. The molecule has 11 nitrogen and oxygen atoms in total. The molecule has 0 aromatic carbocycles. The maximum absolute atomic E-state index is 11.7. The SMILES string of the molecule is Cn1c(=O)c2c(ncn2C)n(C)c1=O.O=C(O)CC(O)C(=O)O. The van der Waals surface area contributed by atoms with Gasteiger partial charge in [-0.15, -0.1) is 0 Å². The zero-order chi connectivity index (χ0) is 17.9. The molecule has 0 saturated heterocycles. The monoisotopic (exact) mass is 328 g/mol. The van der Waals surface area contributed by atoms with Gasteiger partial charge in [-0.2, -0.15) is 0 Å². The Balaban J connectivity index is 0.000000257. The highest BCUT2D eigenvalue weighted by Gasteiger charge is 2.16. The van der Waals surface area contributed by atoms with Crippen molar-refractivity contribution < 1.29 is 24.9 Å². The molecule has 0 aliphatic heterocycles. The number of carboxylic acids is 2. The second-order valence-corrected chi connectivity index (χ2v) is 4.69. The van der Waals surface area contributed by atoms with E-state index in [1.54, 1.807) is 18.7 Å². The van der Waals surface area contributed by atoms with Gasteiger partial charge in [0.05, 0.1) is 12.7 Å². The van der Waals surface area contributed by atoms with Gasteiger partial charge in [-0.3, -0.25) is 18.7 Å². The van der Waals surface area contributed by atoms with Crippen LogP contribution in [0.5, 0.6) is 0 Å². The molecule has 0 aliphatic carbocycles. The van der Waals surface area contributed by atoms with Crippen LogP contribution >= 0.6 is 0 Å². The van der Waals surface area contributed by atoms with Crippen molar-refractivity contribution in [1.29, 1.82) is 0 Å². The zero-order valence-corrected chi connectivity index (χ0v) is 12.6. The summed E-state index contributed by atoms with van der Waals surface area (Å²) in [6.07, 6.45) is -1.02. The number of hydrogen-bond acceptors (Lipinski definition) is 6. The lowest BCUT2D eigenvalue weighted by atomic mass is 10.3. The van der Waals surface area contributed by atoms with Crippen molar-refractivity contribution in [2.75, 3.05) is 0 Å². The molecule has 1 unspecified atom stereocenters. The third-order valence-corrected chi connectivity index (χ3v) is 2.97. The summed E-state index contributed by atoms with van der Waals surface area (Å²) in [5.41, 5.74) is 0.180. The Bertz CT molecular complexity index is 861. The lowest BCUT2D eigenvalue weighted by molar-refractivity contribution is -0.152. The number of aliphatic hydroxyl groups is 1. The largest absolute Gasteiger partial charge is 0.481 e. The molecule has 126 valence electrons. The number of aryl methyl sites for hydroxylation is 2. The minimum Gasteiger partial charge on any atom is -0.481 e. The third kappa shape index (κ3) is 3.83. The summed E-state index contributed by atoms with van der Waals surface area (Å²) in [6.45, 7) is 0. The van der Waals surface area contributed by atoms with Gasteiger partial charge >= 0.3 is 17.6 Å². The maximum Gasteiger partial charge on any atom is 0.333 e. The number of fused-ring (bicyclic) bond motifs is 1. The van der Waals surface area contributed by atoms with E-state index in [2.05, 4.69) is 4.98 Å². The van der Waals surface area contributed by atoms with Crippen LogP contribution in [0, 0.1) is 0 Å². The second-order valence-electron chi connectivity index (χ2n) is 4.69. The number of imidazole rings is 1. The van der Waals surface area contributed by atoms with Crippen LogP contribution in [-0.2, 0) is 30.7 Å². The molecule has 2 aromatic heterocycles. The summed E-state index contributed by atoms with van der Waals surface area (Å²) in [6, 6.07) is 0. The van der Waals surface area contributed by atoms with E-state index in [1.807, 2.05) is 0 Å². The fourth-order valence-corrected chi connectivity index (χ4v) is 1.72. The molecule has 2 heterocycles. The first-order chi connectivity index (χ1) is 10.6. The van der Waals surface area contributed by atoms with Crippen molar-refractivity contribution in [3.05, 3.63) is 27.2 Å². The maximum atomic E-state index is 11.7. The average molecular weight is 328 g/mol. The summed E-state index contributed by atoms with van der Waals surface area (Å²) < 4.78 is 4.04. The van der Waals surface area contributed by atoms with Crippen LogP contribution in [0.3, 0.4) is 0 Å².